The normalized spacial score (nSPS) is 14.2. The first-order chi connectivity index (χ1) is 18.8. The monoisotopic (exact) mass is 581 g/mol. The van der Waals surface area contributed by atoms with Gasteiger partial charge in [0, 0.05) is 39.3 Å². The van der Waals surface area contributed by atoms with E-state index in [1.807, 2.05) is 42.5 Å². The van der Waals surface area contributed by atoms with Crippen molar-refractivity contribution in [3.8, 4) is 28.4 Å². The Hall–Kier alpha value is -3.71. The molecule has 1 atom stereocenters. The van der Waals surface area contributed by atoms with Crippen molar-refractivity contribution in [2.45, 2.75) is 18.9 Å². The SMILES string of the molecule is O=C(NCc1ccc(-c2ccccc2Cl)cc1Cl)c1ccc(Oc2cc3c(cc2Cl)C(C(=O)O)CCO3)cc1. The molecular weight excluding hydrogens is 561 g/mol. The number of carboxylic acid groups (broad SMARTS) is 1. The summed E-state index contributed by atoms with van der Waals surface area (Å²) in [5, 5.41) is 13.8. The summed E-state index contributed by atoms with van der Waals surface area (Å²) in [4.78, 5) is 24.3. The van der Waals surface area contributed by atoms with Crippen LogP contribution in [0.1, 0.15) is 33.8 Å². The second kappa shape index (κ2) is 11.6. The van der Waals surface area contributed by atoms with Crippen molar-refractivity contribution < 1.29 is 24.2 Å². The van der Waals surface area contributed by atoms with Gasteiger partial charge in [-0.05, 0) is 60.0 Å². The number of amides is 1. The minimum atomic E-state index is -0.922. The topological polar surface area (TPSA) is 84.9 Å². The van der Waals surface area contributed by atoms with Crippen molar-refractivity contribution >= 4 is 46.7 Å². The third-order valence-electron chi connectivity index (χ3n) is 6.42. The van der Waals surface area contributed by atoms with Crippen LogP contribution in [0.5, 0.6) is 17.2 Å². The van der Waals surface area contributed by atoms with E-state index in [1.54, 1.807) is 36.4 Å². The number of carboxylic acids is 1. The molecule has 0 aliphatic carbocycles. The van der Waals surface area contributed by atoms with Gasteiger partial charge in [-0.3, -0.25) is 9.59 Å². The summed E-state index contributed by atoms with van der Waals surface area (Å²) in [6, 6.07) is 22.9. The van der Waals surface area contributed by atoms with E-state index in [0.29, 0.717) is 51.4 Å². The molecule has 5 rings (SSSR count). The first kappa shape index (κ1) is 26.9. The standard InChI is InChI=1S/C30H22Cl3NO5/c31-24-4-2-1-3-21(24)18-5-6-19(25(32)13-18)16-34-29(35)17-7-9-20(10-8-17)39-28-15-27-23(14-26(28)33)22(30(36)37)11-12-38-27/h1-10,13-15,22H,11-12,16H2,(H,34,35)(H,36,37). The second-order valence-electron chi connectivity index (χ2n) is 8.94. The number of hydrogen-bond acceptors (Lipinski definition) is 4. The largest absolute Gasteiger partial charge is 0.493 e. The molecule has 0 aromatic heterocycles. The number of carbonyl (C=O) groups is 2. The van der Waals surface area contributed by atoms with E-state index in [0.717, 1.165) is 16.7 Å². The van der Waals surface area contributed by atoms with Gasteiger partial charge in [0.05, 0.1) is 17.5 Å². The zero-order valence-electron chi connectivity index (χ0n) is 20.4. The van der Waals surface area contributed by atoms with Crippen LogP contribution < -0.4 is 14.8 Å². The fourth-order valence-electron chi connectivity index (χ4n) is 4.36. The molecule has 0 radical (unpaired) electrons. The summed E-state index contributed by atoms with van der Waals surface area (Å²) in [6.45, 7) is 0.548. The molecule has 4 aromatic carbocycles. The summed E-state index contributed by atoms with van der Waals surface area (Å²) in [6.07, 6.45) is 0.377. The number of aliphatic carboxylic acids is 1. The van der Waals surface area contributed by atoms with E-state index in [1.165, 1.54) is 0 Å². The van der Waals surface area contributed by atoms with E-state index in [2.05, 4.69) is 5.32 Å². The van der Waals surface area contributed by atoms with Gasteiger partial charge >= 0.3 is 5.97 Å². The van der Waals surface area contributed by atoms with Crippen LogP contribution in [0.15, 0.2) is 78.9 Å². The third kappa shape index (κ3) is 5.98. The lowest BCUT2D eigenvalue weighted by Crippen LogP contribution is -2.22. The van der Waals surface area contributed by atoms with Crippen molar-refractivity contribution in [2.75, 3.05) is 6.61 Å². The van der Waals surface area contributed by atoms with Crippen LogP contribution in [0.3, 0.4) is 0 Å². The van der Waals surface area contributed by atoms with E-state index < -0.39 is 11.9 Å². The van der Waals surface area contributed by atoms with Crippen LogP contribution in [0.4, 0.5) is 0 Å². The fraction of sp³-hybridized carbons (Fsp3) is 0.133. The molecule has 198 valence electrons. The molecule has 9 heteroatoms. The van der Waals surface area contributed by atoms with Crippen LogP contribution in [-0.4, -0.2) is 23.6 Å². The van der Waals surface area contributed by atoms with Crippen LogP contribution >= 0.6 is 34.8 Å². The predicted molar refractivity (Wildman–Crippen MR) is 152 cm³/mol. The molecule has 1 amide bonds. The van der Waals surface area contributed by atoms with E-state index in [-0.39, 0.29) is 17.5 Å². The molecule has 0 saturated carbocycles. The Morgan fingerprint density at radius 1 is 0.923 bits per heavy atom. The number of carbonyl (C=O) groups excluding carboxylic acids is 1. The Balaban J connectivity index is 1.23. The van der Waals surface area contributed by atoms with Crippen molar-refractivity contribution in [3.05, 3.63) is 111 Å². The molecule has 39 heavy (non-hydrogen) atoms. The molecule has 4 aromatic rings. The Labute approximate surface area is 240 Å². The lowest BCUT2D eigenvalue weighted by atomic mass is 9.93. The van der Waals surface area contributed by atoms with Gasteiger partial charge in [-0.25, -0.2) is 0 Å². The first-order valence-corrected chi connectivity index (χ1v) is 13.2. The maximum atomic E-state index is 12.7. The van der Waals surface area contributed by atoms with Crippen molar-refractivity contribution in [3.63, 3.8) is 0 Å². The molecule has 0 bridgehead atoms. The number of nitrogens with one attached hydrogen (secondary N) is 1. The molecular formula is C30H22Cl3NO5. The summed E-state index contributed by atoms with van der Waals surface area (Å²) in [5.74, 6) is -0.649. The van der Waals surface area contributed by atoms with Gasteiger partial charge in [0.2, 0.25) is 0 Å². The number of rotatable bonds is 7. The van der Waals surface area contributed by atoms with E-state index in [4.69, 9.17) is 44.3 Å². The number of ether oxygens (including phenoxy) is 2. The van der Waals surface area contributed by atoms with Crippen molar-refractivity contribution in [2.24, 2.45) is 0 Å². The fourth-order valence-corrected chi connectivity index (χ4v) is 5.06. The van der Waals surface area contributed by atoms with E-state index in [9.17, 15) is 14.7 Å². The maximum absolute atomic E-state index is 12.7. The van der Waals surface area contributed by atoms with Gasteiger partial charge < -0.3 is 19.9 Å². The van der Waals surface area contributed by atoms with Gasteiger partial charge in [0.25, 0.3) is 5.91 Å². The highest BCUT2D eigenvalue weighted by atomic mass is 35.5. The first-order valence-electron chi connectivity index (χ1n) is 12.1. The Kier molecular flexibility index (Phi) is 7.98. The van der Waals surface area contributed by atoms with Gasteiger partial charge in [0.1, 0.15) is 17.2 Å². The minimum absolute atomic E-state index is 0.251. The molecule has 0 fully saturated rings. The Bertz CT molecular complexity index is 1560. The Morgan fingerprint density at radius 2 is 1.69 bits per heavy atom. The predicted octanol–water partition coefficient (Wildman–Crippen LogP) is 7.99. The van der Waals surface area contributed by atoms with Gasteiger partial charge in [-0.2, -0.15) is 0 Å². The second-order valence-corrected chi connectivity index (χ2v) is 10.2. The summed E-state index contributed by atoms with van der Waals surface area (Å²) >= 11 is 19.1. The highest BCUT2D eigenvalue weighted by Crippen LogP contribution is 2.42. The molecule has 2 N–H and O–H groups in total. The van der Waals surface area contributed by atoms with Crippen LogP contribution in [-0.2, 0) is 11.3 Å². The van der Waals surface area contributed by atoms with Crippen molar-refractivity contribution in [1.29, 1.82) is 0 Å². The van der Waals surface area contributed by atoms with Gasteiger partial charge in [0.15, 0.2) is 0 Å². The Morgan fingerprint density at radius 3 is 2.41 bits per heavy atom. The number of halogens is 3. The zero-order valence-corrected chi connectivity index (χ0v) is 22.7. The summed E-state index contributed by atoms with van der Waals surface area (Å²) in [7, 11) is 0. The smallest absolute Gasteiger partial charge is 0.311 e. The quantitative estimate of drug-likeness (QED) is 0.231. The van der Waals surface area contributed by atoms with Crippen LogP contribution in [0.2, 0.25) is 15.1 Å². The maximum Gasteiger partial charge on any atom is 0.311 e. The lowest BCUT2D eigenvalue weighted by Gasteiger charge is -2.24. The molecule has 6 nitrogen and oxygen atoms in total. The van der Waals surface area contributed by atoms with Gasteiger partial charge in [-0.15, -0.1) is 0 Å². The van der Waals surface area contributed by atoms with E-state index >= 15 is 0 Å². The average Bonchev–Trinajstić information content (AvgIpc) is 2.93. The highest BCUT2D eigenvalue weighted by Gasteiger charge is 2.29. The van der Waals surface area contributed by atoms with Gasteiger partial charge in [-0.1, -0.05) is 65.1 Å². The molecule has 1 heterocycles. The highest BCUT2D eigenvalue weighted by molar-refractivity contribution is 6.34. The third-order valence-corrected chi connectivity index (χ3v) is 7.40. The number of fused-ring (bicyclic) bond motifs is 1. The van der Waals surface area contributed by atoms with Crippen LogP contribution in [0, 0.1) is 0 Å². The van der Waals surface area contributed by atoms with Crippen molar-refractivity contribution in [1.82, 2.24) is 5.32 Å². The molecule has 0 spiro atoms. The average molecular weight is 583 g/mol. The molecule has 1 unspecified atom stereocenters. The lowest BCUT2D eigenvalue weighted by molar-refractivity contribution is -0.139. The molecule has 1 aliphatic rings. The number of hydrogen-bond donors (Lipinski definition) is 2. The summed E-state index contributed by atoms with van der Waals surface area (Å²) < 4.78 is 11.5. The molecule has 1 aliphatic heterocycles. The summed E-state index contributed by atoms with van der Waals surface area (Å²) in [5.41, 5.74) is 3.51. The zero-order chi connectivity index (χ0) is 27.5. The number of benzene rings is 4. The minimum Gasteiger partial charge on any atom is -0.493 e. The van der Waals surface area contributed by atoms with Crippen LogP contribution in [0.25, 0.3) is 11.1 Å². The molecule has 0 saturated heterocycles.